The van der Waals surface area contributed by atoms with Crippen LogP contribution in [0.15, 0.2) is 53.1 Å². The van der Waals surface area contributed by atoms with Crippen molar-refractivity contribution in [1.82, 2.24) is 10.3 Å². The molecule has 2 rings (SSSR count). The first kappa shape index (κ1) is 18.7. The third kappa shape index (κ3) is 7.12. The van der Waals surface area contributed by atoms with Crippen molar-refractivity contribution in [3.63, 3.8) is 0 Å². The number of benzene rings is 1. The van der Waals surface area contributed by atoms with Crippen molar-refractivity contribution in [1.29, 1.82) is 0 Å². The van der Waals surface area contributed by atoms with E-state index in [1.165, 1.54) is 0 Å². The highest BCUT2D eigenvalue weighted by molar-refractivity contribution is 9.10. The number of carbonyl (C=O) groups excluding carboxylic acids is 3. The second-order valence-electron chi connectivity index (χ2n) is 3.51. The molecule has 0 atom stereocenters. The molecule has 0 unspecified atom stereocenters. The van der Waals surface area contributed by atoms with Crippen molar-refractivity contribution in [3.05, 3.63) is 64.4 Å². The molecule has 110 valence electrons. The summed E-state index contributed by atoms with van der Waals surface area (Å²) >= 11 is 3.24. The van der Waals surface area contributed by atoms with Gasteiger partial charge < -0.3 is 14.9 Å². The Balaban J connectivity index is 0.000000921. The van der Waals surface area contributed by atoms with E-state index in [-0.39, 0.29) is 5.91 Å². The van der Waals surface area contributed by atoms with E-state index >= 15 is 0 Å². The summed E-state index contributed by atoms with van der Waals surface area (Å²) in [5.74, 6) is -0.171. The molecule has 1 aromatic heterocycles. The molecular weight excluding hydrogens is 336 g/mol. The van der Waals surface area contributed by atoms with Crippen LogP contribution in [0.3, 0.4) is 0 Å². The highest BCUT2D eigenvalue weighted by Gasteiger charge is 2.06. The predicted octanol–water partition coefficient (Wildman–Crippen LogP) is 2.40. The number of aromatic nitrogens is 1. The summed E-state index contributed by atoms with van der Waals surface area (Å²) in [6.45, 7) is 4.51. The topological polar surface area (TPSA) is 76.1 Å². The van der Waals surface area contributed by atoms with E-state index in [2.05, 4.69) is 26.2 Å². The Morgan fingerprint density at radius 2 is 1.62 bits per heavy atom. The van der Waals surface area contributed by atoms with Gasteiger partial charge >= 0.3 is 0 Å². The van der Waals surface area contributed by atoms with Crippen molar-refractivity contribution in [2.45, 2.75) is 6.54 Å². The lowest BCUT2D eigenvalue weighted by Gasteiger charge is -2.04. The van der Waals surface area contributed by atoms with Gasteiger partial charge in [-0.2, -0.15) is 0 Å². The summed E-state index contributed by atoms with van der Waals surface area (Å²) in [5.41, 5.74) is 1.48. The quantitative estimate of drug-likeness (QED) is 0.862. The zero-order valence-corrected chi connectivity index (χ0v) is 12.9. The number of nitrogens with zero attached hydrogens (tertiary/aromatic N) is 1. The average molecular weight is 351 g/mol. The molecule has 0 saturated heterocycles. The van der Waals surface area contributed by atoms with Crippen LogP contribution in [-0.2, 0) is 16.1 Å². The molecule has 0 aliphatic heterocycles. The van der Waals surface area contributed by atoms with E-state index in [0.29, 0.717) is 16.8 Å². The Hall–Kier alpha value is -2.34. The molecule has 1 N–H and O–H groups in total. The van der Waals surface area contributed by atoms with Crippen LogP contribution >= 0.6 is 15.9 Å². The van der Waals surface area contributed by atoms with Gasteiger partial charge in [0.25, 0.3) is 5.91 Å². The summed E-state index contributed by atoms with van der Waals surface area (Å²) in [4.78, 5) is 31.9. The predicted molar refractivity (Wildman–Crippen MR) is 83.8 cm³/mol. The minimum atomic E-state index is -0.171. The van der Waals surface area contributed by atoms with Gasteiger partial charge in [-0.1, -0.05) is 36.4 Å². The van der Waals surface area contributed by atoms with Crippen LogP contribution in [-0.4, -0.2) is 24.5 Å². The fourth-order valence-electron chi connectivity index (χ4n) is 1.40. The van der Waals surface area contributed by atoms with Gasteiger partial charge in [-0.3, -0.25) is 4.79 Å². The van der Waals surface area contributed by atoms with E-state index in [1.807, 2.05) is 43.9 Å². The molecule has 0 aliphatic rings. The normalized spacial score (nSPS) is 8.43. The maximum atomic E-state index is 11.8. The average Bonchev–Trinajstić information content (AvgIpc) is 2.57. The second kappa shape index (κ2) is 11.5. The van der Waals surface area contributed by atoms with E-state index in [1.54, 1.807) is 18.2 Å². The molecule has 5 nitrogen and oxygen atoms in total. The largest absolute Gasteiger partial charge is 0.347 e. The number of amides is 1. The Kier molecular flexibility index (Phi) is 10.2. The van der Waals surface area contributed by atoms with E-state index in [9.17, 15) is 4.79 Å². The number of halogens is 1. The van der Waals surface area contributed by atoms with Crippen LogP contribution in [0.2, 0.25) is 0 Å². The SMILES string of the molecule is C=O.C=O.O=C(NCc1ccccc1)c1cccc(Br)n1. The maximum absolute atomic E-state index is 11.8. The minimum Gasteiger partial charge on any atom is -0.347 e. The second-order valence-corrected chi connectivity index (χ2v) is 4.33. The monoisotopic (exact) mass is 350 g/mol. The van der Waals surface area contributed by atoms with Gasteiger partial charge in [0.05, 0.1) is 0 Å². The number of rotatable bonds is 3. The molecule has 1 amide bonds. The van der Waals surface area contributed by atoms with E-state index in [0.717, 1.165) is 5.56 Å². The molecule has 1 heterocycles. The zero-order chi connectivity index (χ0) is 16.1. The van der Waals surface area contributed by atoms with Crippen LogP contribution in [0.4, 0.5) is 0 Å². The van der Waals surface area contributed by atoms with E-state index < -0.39 is 0 Å². The highest BCUT2D eigenvalue weighted by atomic mass is 79.9. The summed E-state index contributed by atoms with van der Waals surface area (Å²) in [7, 11) is 0. The molecule has 0 saturated carbocycles. The molecule has 0 radical (unpaired) electrons. The molecule has 0 bridgehead atoms. The Bertz CT molecular complexity index is 548. The first-order valence-electron chi connectivity index (χ1n) is 5.78. The lowest BCUT2D eigenvalue weighted by molar-refractivity contribution is -0.0987. The Labute approximate surface area is 131 Å². The van der Waals surface area contributed by atoms with Crippen LogP contribution in [0.5, 0.6) is 0 Å². The van der Waals surface area contributed by atoms with Crippen molar-refractivity contribution < 1.29 is 14.4 Å². The fourth-order valence-corrected chi connectivity index (χ4v) is 1.75. The summed E-state index contributed by atoms with van der Waals surface area (Å²) in [6, 6.07) is 15.0. The van der Waals surface area contributed by atoms with Crippen LogP contribution in [0, 0.1) is 0 Å². The number of pyridine rings is 1. The molecule has 21 heavy (non-hydrogen) atoms. The molecule has 1 aromatic carbocycles. The summed E-state index contributed by atoms with van der Waals surface area (Å²) in [5, 5.41) is 2.82. The van der Waals surface area contributed by atoms with Gasteiger partial charge in [0.15, 0.2) is 0 Å². The smallest absolute Gasteiger partial charge is 0.270 e. The highest BCUT2D eigenvalue weighted by Crippen LogP contribution is 2.06. The Morgan fingerprint density at radius 1 is 1.00 bits per heavy atom. The van der Waals surface area contributed by atoms with E-state index in [4.69, 9.17) is 9.59 Å². The molecule has 0 aliphatic carbocycles. The van der Waals surface area contributed by atoms with Gasteiger partial charge in [-0.25, -0.2) is 4.98 Å². The molecule has 0 spiro atoms. The minimum absolute atomic E-state index is 0.171. The fraction of sp³-hybridized carbons (Fsp3) is 0.0667. The van der Waals surface area contributed by atoms with Gasteiger partial charge in [-0.15, -0.1) is 0 Å². The molecule has 0 fully saturated rings. The summed E-state index contributed by atoms with van der Waals surface area (Å²) < 4.78 is 0.657. The van der Waals surface area contributed by atoms with Gasteiger partial charge in [0.1, 0.15) is 23.9 Å². The standard InChI is InChI=1S/C13H11BrN2O.2CH2O/c14-12-8-4-7-11(16-12)13(17)15-9-10-5-2-1-3-6-10;2*1-2/h1-8H,9H2,(H,15,17);2*1H2. The molecule has 6 heteroatoms. The van der Waals surface area contributed by atoms with Crippen LogP contribution < -0.4 is 5.32 Å². The van der Waals surface area contributed by atoms with Crippen molar-refractivity contribution in [2.75, 3.05) is 0 Å². The van der Waals surface area contributed by atoms with Crippen molar-refractivity contribution in [3.8, 4) is 0 Å². The number of nitrogens with one attached hydrogen (secondary N) is 1. The number of hydrogen-bond acceptors (Lipinski definition) is 4. The van der Waals surface area contributed by atoms with Crippen molar-refractivity contribution in [2.24, 2.45) is 0 Å². The number of carbonyl (C=O) groups is 3. The number of hydrogen-bond donors (Lipinski definition) is 1. The Morgan fingerprint density at radius 3 is 2.19 bits per heavy atom. The molecular formula is C15H15BrN2O3. The lowest BCUT2D eigenvalue weighted by atomic mass is 10.2. The van der Waals surface area contributed by atoms with Crippen molar-refractivity contribution >= 4 is 35.4 Å². The van der Waals surface area contributed by atoms with Gasteiger partial charge in [0, 0.05) is 6.54 Å². The maximum Gasteiger partial charge on any atom is 0.270 e. The van der Waals surface area contributed by atoms with Gasteiger partial charge in [-0.05, 0) is 33.6 Å². The first-order valence-corrected chi connectivity index (χ1v) is 6.57. The zero-order valence-electron chi connectivity index (χ0n) is 11.3. The summed E-state index contributed by atoms with van der Waals surface area (Å²) in [6.07, 6.45) is 0. The van der Waals surface area contributed by atoms with Crippen LogP contribution in [0.1, 0.15) is 16.1 Å². The molecule has 2 aromatic rings. The first-order chi connectivity index (χ1) is 10.3. The third-order valence-electron chi connectivity index (χ3n) is 2.24. The van der Waals surface area contributed by atoms with Gasteiger partial charge in [0.2, 0.25) is 0 Å². The lowest BCUT2D eigenvalue weighted by Crippen LogP contribution is -2.23. The van der Waals surface area contributed by atoms with Crippen LogP contribution in [0.25, 0.3) is 0 Å². The third-order valence-corrected chi connectivity index (χ3v) is 2.69.